The number of carbonyl (C=O) groups excluding carboxylic acids is 3. The molecule has 0 radical (unpaired) electrons. The minimum Gasteiger partial charge on any atom is -0.456 e. The van der Waals surface area contributed by atoms with Crippen molar-refractivity contribution in [3.8, 4) is 11.1 Å². The highest BCUT2D eigenvalue weighted by molar-refractivity contribution is 6.31. The first kappa shape index (κ1) is 33.3. The molecule has 8 nitrogen and oxygen atoms in total. The van der Waals surface area contributed by atoms with Gasteiger partial charge in [0.1, 0.15) is 11.4 Å². The van der Waals surface area contributed by atoms with Gasteiger partial charge in [-0.1, -0.05) is 24.9 Å². The Bertz CT molecular complexity index is 2000. The van der Waals surface area contributed by atoms with Crippen LogP contribution in [0.2, 0.25) is 5.02 Å². The van der Waals surface area contributed by atoms with Crippen LogP contribution in [0.4, 0.5) is 14.5 Å². The number of aryl methyl sites for hydroxylation is 1. The number of H-pyrrole nitrogens is 1. The van der Waals surface area contributed by atoms with E-state index in [9.17, 15) is 23.2 Å². The van der Waals surface area contributed by atoms with Crippen molar-refractivity contribution in [2.24, 2.45) is 5.92 Å². The quantitative estimate of drug-likeness (QED) is 0.167. The van der Waals surface area contributed by atoms with Crippen LogP contribution in [0.5, 0.6) is 0 Å². The molecule has 2 aliphatic rings. The van der Waals surface area contributed by atoms with E-state index in [1.165, 1.54) is 6.08 Å². The number of halogens is 3. The number of aromatic amines is 1. The standard InChI is InChI=1S/C37H37ClF2N4O4/c1-19-7-6-8-30(44-14-12-22(16-31(44)45)33-26(39)10-9-25(38)34(33)40)29-15-21(11-13-41-29)23-17-24-28(18-27(23)43-35(19)46)42-20(2)32(24)36(47)48-37(3,4)5/h9-11,13,15-19,30,42H,6-8,12,14H2,1-5H3,(H,43,46)/t19-,30+/m1/s1. The van der Waals surface area contributed by atoms with E-state index in [2.05, 4.69) is 15.3 Å². The maximum Gasteiger partial charge on any atom is 0.341 e. The number of ether oxygens (including phenoxy) is 1. The second-order valence-corrected chi connectivity index (χ2v) is 14.0. The molecule has 48 heavy (non-hydrogen) atoms. The van der Waals surface area contributed by atoms with Crippen LogP contribution < -0.4 is 5.32 Å². The molecule has 4 heterocycles. The SMILES string of the molecule is Cc1[nH]c2cc3c(cc2c1C(=O)OC(C)(C)C)-c1ccnc(c1)[C@@H](N1CCC(c2c(F)ccc(Cl)c2F)=CC1=O)CCC[C@@H](C)C(=O)N3. The van der Waals surface area contributed by atoms with Gasteiger partial charge in [-0.15, -0.1) is 0 Å². The van der Waals surface area contributed by atoms with Crippen LogP contribution in [0, 0.1) is 24.5 Å². The second-order valence-electron chi connectivity index (χ2n) is 13.5. The first-order chi connectivity index (χ1) is 22.7. The fraction of sp³-hybridized carbons (Fsp3) is 0.351. The highest BCUT2D eigenvalue weighted by Crippen LogP contribution is 2.39. The maximum atomic E-state index is 14.8. The lowest BCUT2D eigenvalue weighted by Crippen LogP contribution is -2.38. The molecule has 250 valence electrons. The van der Waals surface area contributed by atoms with Crippen LogP contribution in [-0.2, 0) is 14.3 Å². The van der Waals surface area contributed by atoms with Gasteiger partial charge >= 0.3 is 5.97 Å². The molecule has 0 saturated carbocycles. The van der Waals surface area contributed by atoms with E-state index in [-0.39, 0.29) is 40.9 Å². The van der Waals surface area contributed by atoms with Crippen LogP contribution in [0.15, 0.2) is 48.7 Å². The maximum absolute atomic E-state index is 14.8. The van der Waals surface area contributed by atoms with Gasteiger partial charge in [-0.2, -0.15) is 0 Å². The molecular weight excluding hydrogens is 638 g/mol. The molecule has 11 heteroatoms. The summed E-state index contributed by atoms with van der Waals surface area (Å²) in [6.07, 6.45) is 4.86. The number of fused-ring (bicyclic) bond motifs is 5. The molecule has 0 unspecified atom stereocenters. The molecule has 2 aromatic carbocycles. The topological polar surface area (TPSA) is 104 Å². The van der Waals surface area contributed by atoms with Gasteiger partial charge in [-0.05, 0) is 94.5 Å². The van der Waals surface area contributed by atoms with Gasteiger partial charge in [0, 0.05) is 46.9 Å². The number of anilines is 1. The number of nitrogens with zero attached hydrogens (tertiary/aromatic N) is 2. The van der Waals surface area contributed by atoms with E-state index >= 15 is 0 Å². The van der Waals surface area contributed by atoms with E-state index in [1.54, 1.807) is 11.1 Å². The fourth-order valence-electron chi connectivity index (χ4n) is 6.56. The lowest BCUT2D eigenvalue weighted by Gasteiger charge is -2.34. The third kappa shape index (κ3) is 6.45. The van der Waals surface area contributed by atoms with Crippen molar-refractivity contribution in [1.82, 2.24) is 14.9 Å². The number of carbonyl (C=O) groups is 3. The second kappa shape index (κ2) is 12.8. The smallest absolute Gasteiger partial charge is 0.341 e. The van der Waals surface area contributed by atoms with E-state index in [0.717, 1.165) is 17.7 Å². The largest absolute Gasteiger partial charge is 0.456 e. The summed E-state index contributed by atoms with van der Waals surface area (Å²) in [4.78, 5) is 50.0. The van der Waals surface area contributed by atoms with Gasteiger partial charge < -0.3 is 19.9 Å². The summed E-state index contributed by atoms with van der Waals surface area (Å²) in [5, 5.41) is 3.53. The number of amides is 2. The molecule has 6 rings (SSSR count). The van der Waals surface area contributed by atoms with Crippen LogP contribution in [0.25, 0.3) is 27.6 Å². The van der Waals surface area contributed by atoms with Crippen molar-refractivity contribution in [1.29, 1.82) is 0 Å². The number of pyridine rings is 1. The van der Waals surface area contributed by atoms with E-state index in [0.29, 0.717) is 58.4 Å². The summed E-state index contributed by atoms with van der Waals surface area (Å²) in [5.74, 6) is -3.00. The average molecular weight is 675 g/mol. The molecule has 0 saturated heterocycles. The van der Waals surface area contributed by atoms with Gasteiger partial charge in [-0.3, -0.25) is 14.6 Å². The fourth-order valence-corrected chi connectivity index (χ4v) is 6.72. The predicted molar refractivity (Wildman–Crippen MR) is 181 cm³/mol. The Morgan fingerprint density at radius 3 is 2.60 bits per heavy atom. The predicted octanol–water partition coefficient (Wildman–Crippen LogP) is 8.54. The van der Waals surface area contributed by atoms with Gasteiger partial charge in [0.05, 0.1) is 33.6 Å². The normalized spacial score (nSPS) is 18.8. The summed E-state index contributed by atoms with van der Waals surface area (Å²) in [5.41, 5.74) is 3.60. The Morgan fingerprint density at radius 2 is 1.88 bits per heavy atom. The highest BCUT2D eigenvalue weighted by atomic mass is 35.5. The molecule has 2 bridgehead atoms. The number of rotatable bonds is 3. The molecular formula is C37H37ClF2N4O4. The van der Waals surface area contributed by atoms with Crippen LogP contribution in [0.1, 0.15) is 86.7 Å². The van der Waals surface area contributed by atoms with Crippen molar-refractivity contribution in [3.05, 3.63) is 87.8 Å². The lowest BCUT2D eigenvalue weighted by molar-refractivity contribution is -0.129. The molecule has 2 amide bonds. The van der Waals surface area contributed by atoms with E-state index in [1.807, 2.05) is 58.9 Å². The summed E-state index contributed by atoms with van der Waals surface area (Å²) >= 11 is 5.93. The molecule has 2 N–H and O–H groups in total. The van der Waals surface area contributed by atoms with Crippen molar-refractivity contribution in [2.75, 3.05) is 11.9 Å². The molecule has 2 aromatic heterocycles. The third-order valence-corrected chi connectivity index (χ3v) is 9.22. The summed E-state index contributed by atoms with van der Waals surface area (Å²) in [7, 11) is 0. The number of nitrogens with one attached hydrogen (secondary N) is 2. The monoisotopic (exact) mass is 674 g/mol. The van der Waals surface area contributed by atoms with Gasteiger partial charge in [0.2, 0.25) is 11.8 Å². The molecule has 2 aliphatic heterocycles. The van der Waals surface area contributed by atoms with Crippen molar-refractivity contribution in [2.45, 2.75) is 71.9 Å². The van der Waals surface area contributed by atoms with Crippen LogP contribution >= 0.6 is 11.6 Å². The van der Waals surface area contributed by atoms with Crippen molar-refractivity contribution in [3.63, 3.8) is 0 Å². The van der Waals surface area contributed by atoms with Crippen molar-refractivity contribution >= 4 is 51.5 Å². The minimum absolute atomic E-state index is 0.148. The molecule has 0 aliphatic carbocycles. The van der Waals surface area contributed by atoms with E-state index < -0.39 is 35.2 Å². The van der Waals surface area contributed by atoms with Crippen molar-refractivity contribution < 1.29 is 27.9 Å². The van der Waals surface area contributed by atoms with Gasteiger partial charge in [0.15, 0.2) is 5.82 Å². The first-order valence-electron chi connectivity index (χ1n) is 16.0. The number of aromatic nitrogens is 2. The lowest BCUT2D eigenvalue weighted by atomic mass is 9.92. The number of hydrogen-bond donors (Lipinski definition) is 2. The third-order valence-electron chi connectivity index (χ3n) is 8.93. The Labute approximate surface area is 282 Å². The zero-order valence-electron chi connectivity index (χ0n) is 27.5. The van der Waals surface area contributed by atoms with Crippen LogP contribution in [0.3, 0.4) is 0 Å². The van der Waals surface area contributed by atoms with Gasteiger partial charge in [-0.25, -0.2) is 13.6 Å². The zero-order valence-corrected chi connectivity index (χ0v) is 28.2. The molecule has 2 atom stereocenters. The Hall–Kier alpha value is -4.57. The highest BCUT2D eigenvalue weighted by Gasteiger charge is 2.32. The van der Waals surface area contributed by atoms with Gasteiger partial charge in [0.25, 0.3) is 0 Å². The molecule has 0 spiro atoms. The summed E-state index contributed by atoms with van der Waals surface area (Å²) < 4.78 is 35.2. The number of esters is 1. The van der Waals surface area contributed by atoms with E-state index in [4.69, 9.17) is 16.3 Å². The Morgan fingerprint density at radius 1 is 1.10 bits per heavy atom. The summed E-state index contributed by atoms with van der Waals surface area (Å²) in [6, 6.07) is 9.19. The number of benzene rings is 2. The zero-order chi connectivity index (χ0) is 34.5. The minimum atomic E-state index is -0.892. The van der Waals surface area contributed by atoms with Crippen LogP contribution in [-0.4, -0.2) is 44.8 Å². The number of hydrogen-bond acceptors (Lipinski definition) is 5. The Balaban J connectivity index is 1.44. The molecule has 0 fully saturated rings. The Kier molecular flexibility index (Phi) is 8.89. The average Bonchev–Trinajstić information content (AvgIpc) is 3.34. The first-order valence-corrected chi connectivity index (χ1v) is 16.4. The summed E-state index contributed by atoms with van der Waals surface area (Å²) in [6.45, 7) is 9.31. The molecule has 4 aromatic rings.